The summed E-state index contributed by atoms with van der Waals surface area (Å²) in [6.07, 6.45) is 1.94. The van der Waals surface area contributed by atoms with Crippen LogP contribution in [0.1, 0.15) is 39.5 Å². The summed E-state index contributed by atoms with van der Waals surface area (Å²) in [5, 5.41) is 0. The minimum absolute atomic E-state index is 0.0115. The van der Waals surface area contributed by atoms with Crippen LogP contribution >= 0.6 is 11.8 Å². The molecule has 212 valence electrons. The highest BCUT2D eigenvalue weighted by Crippen LogP contribution is 2.42. The van der Waals surface area contributed by atoms with E-state index in [0.717, 1.165) is 33.8 Å². The fraction of sp³-hybridized carbons (Fsp3) is 0.222. The number of fused-ring (bicyclic) bond motifs is 1. The normalized spacial score (nSPS) is 17.9. The largest absolute Gasteiger partial charge is 0.365 e. The molecule has 6 rings (SSSR count). The molecule has 0 bridgehead atoms. The molecule has 0 aliphatic carbocycles. The number of benzene rings is 4. The number of hydrogen-bond donors (Lipinski definition) is 0. The number of piperazine rings is 1. The summed E-state index contributed by atoms with van der Waals surface area (Å²) < 4.78 is 0. The van der Waals surface area contributed by atoms with Crippen molar-refractivity contribution in [2.45, 2.75) is 38.3 Å². The van der Waals surface area contributed by atoms with Crippen molar-refractivity contribution >= 4 is 41.0 Å². The van der Waals surface area contributed by atoms with Crippen molar-refractivity contribution in [3.8, 4) is 0 Å². The Kier molecular flexibility index (Phi) is 7.90. The van der Waals surface area contributed by atoms with Gasteiger partial charge in [-0.15, -0.1) is 0 Å². The summed E-state index contributed by atoms with van der Waals surface area (Å²) in [6.45, 7) is 9.05. The zero-order valence-electron chi connectivity index (χ0n) is 24.3. The lowest BCUT2D eigenvalue weighted by atomic mass is 10.1. The predicted molar refractivity (Wildman–Crippen MR) is 173 cm³/mol. The number of para-hydroxylation sites is 1. The maximum atomic E-state index is 13.7. The Balaban J connectivity index is 1.17. The highest BCUT2D eigenvalue weighted by Gasteiger charge is 2.30. The Morgan fingerprint density at radius 1 is 0.905 bits per heavy atom. The lowest BCUT2D eigenvalue weighted by molar-refractivity contribution is -0.114. The van der Waals surface area contributed by atoms with E-state index in [4.69, 9.17) is 0 Å². The van der Waals surface area contributed by atoms with E-state index >= 15 is 0 Å². The van der Waals surface area contributed by atoms with Crippen molar-refractivity contribution in [1.29, 1.82) is 0 Å². The van der Waals surface area contributed by atoms with E-state index in [9.17, 15) is 9.59 Å². The fourth-order valence-corrected chi connectivity index (χ4v) is 6.82. The summed E-state index contributed by atoms with van der Waals surface area (Å²) in [4.78, 5) is 35.1. The van der Waals surface area contributed by atoms with Gasteiger partial charge in [0.05, 0.1) is 17.1 Å². The third-order valence-electron chi connectivity index (χ3n) is 8.13. The van der Waals surface area contributed by atoms with E-state index in [0.29, 0.717) is 30.1 Å². The van der Waals surface area contributed by atoms with Crippen LogP contribution in [0.15, 0.2) is 107 Å². The molecule has 1 atom stereocenters. The summed E-state index contributed by atoms with van der Waals surface area (Å²) >= 11 is 1.50. The van der Waals surface area contributed by atoms with E-state index in [1.807, 2.05) is 70.5 Å². The number of anilines is 2. The van der Waals surface area contributed by atoms with Gasteiger partial charge < -0.3 is 14.7 Å². The van der Waals surface area contributed by atoms with Crippen LogP contribution in [0.25, 0.3) is 6.08 Å². The second-order valence-corrected chi connectivity index (χ2v) is 12.2. The maximum absolute atomic E-state index is 13.7. The maximum Gasteiger partial charge on any atom is 0.265 e. The van der Waals surface area contributed by atoms with Crippen LogP contribution in [0.5, 0.6) is 0 Å². The molecule has 5 nitrogen and oxygen atoms in total. The Morgan fingerprint density at radius 2 is 1.67 bits per heavy atom. The summed E-state index contributed by atoms with van der Waals surface area (Å²) in [5.74, 6) is 0.0361. The van der Waals surface area contributed by atoms with Gasteiger partial charge in [-0.3, -0.25) is 9.59 Å². The topological polar surface area (TPSA) is 43.9 Å². The molecule has 0 spiro atoms. The molecule has 6 heteroatoms. The summed E-state index contributed by atoms with van der Waals surface area (Å²) in [6, 6.07) is 32.7. The summed E-state index contributed by atoms with van der Waals surface area (Å²) in [7, 11) is 0. The molecule has 0 saturated carbocycles. The average molecular weight is 574 g/mol. The molecule has 2 aliphatic rings. The van der Waals surface area contributed by atoms with E-state index in [1.165, 1.54) is 23.0 Å². The minimum Gasteiger partial charge on any atom is -0.365 e. The number of amides is 2. The number of rotatable bonds is 5. The first-order valence-electron chi connectivity index (χ1n) is 14.4. The van der Waals surface area contributed by atoms with E-state index in [2.05, 4.69) is 68.1 Å². The van der Waals surface area contributed by atoms with Crippen molar-refractivity contribution in [3.05, 3.63) is 130 Å². The van der Waals surface area contributed by atoms with E-state index < -0.39 is 0 Å². The molecule has 2 heterocycles. The Labute approximate surface area is 252 Å². The first-order chi connectivity index (χ1) is 20.4. The van der Waals surface area contributed by atoms with Gasteiger partial charge in [-0.1, -0.05) is 72.4 Å². The van der Waals surface area contributed by atoms with Crippen LogP contribution in [-0.4, -0.2) is 42.4 Å². The first-order valence-corrected chi connectivity index (χ1v) is 15.3. The molecule has 2 aliphatic heterocycles. The zero-order valence-corrected chi connectivity index (χ0v) is 25.1. The number of thioether (sulfide) groups is 1. The molecule has 0 unspecified atom stereocenters. The fourth-order valence-electron chi connectivity index (χ4n) is 5.77. The lowest BCUT2D eigenvalue weighted by Crippen LogP contribution is -2.53. The Morgan fingerprint density at radius 3 is 2.43 bits per heavy atom. The molecule has 1 saturated heterocycles. The monoisotopic (exact) mass is 573 g/mol. The van der Waals surface area contributed by atoms with E-state index in [-0.39, 0.29) is 17.9 Å². The van der Waals surface area contributed by atoms with Crippen LogP contribution in [-0.2, 0) is 11.3 Å². The minimum atomic E-state index is -0.0115. The van der Waals surface area contributed by atoms with Crippen LogP contribution in [0.3, 0.4) is 0 Å². The highest BCUT2D eigenvalue weighted by atomic mass is 32.2. The molecule has 0 radical (unpaired) electrons. The third kappa shape index (κ3) is 5.72. The molecule has 42 heavy (non-hydrogen) atoms. The zero-order chi connectivity index (χ0) is 29.2. The van der Waals surface area contributed by atoms with Crippen LogP contribution in [0, 0.1) is 13.8 Å². The molecule has 0 aromatic heterocycles. The van der Waals surface area contributed by atoms with Gasteiger partial charge in [-0.05, 0) is 85.5 Å². The van der Waals surface area contributed by atoms with Crippen molar-refractivity contribution in [3.63, 3.8) is 0 Å². The Hall–Kier alpha value is -4.29. The van der Waals surface area contributed by atoms with Gasteiger partial charge in [0.1, 0.15) is 0 Å². The molecule has 2 amide bonds. The van der Waals surface area contributed by atoms with Crippen molar-refractivity contribution < 1.29 is 9.59 Å². The smallest absolute Gasteiger partial charge is 0.265 e. The van der Waals surface area contributed by atoms with Crippen molar-refractivity contribution in [1.82, 2.24) is 4.90 Å². The number of hydrogen-bond acceptors (Lipinski definition) is 4. The van der Waals surface area contributed by atoms with Gasteiger partial charge in [0, 0.05) is 41.8 Å². The van der Waals surface area contributed by atoms with Crippen LogP contribution < -0.4 is 9.80 Å². The SMILES string of the molecule is Cc1cccc(N2CCN(C(=O)c3ccc(/C=C4/Sc5ccccc5N(Cc5ccccc5C)C4=O)cc3)C[C@H]2C)c1. The lowest BCUT2D eigenvalue weighted by Gasteiger charge is -2.41. The van der Waals surface area contributed by atoms with Gasteiger partial charge in [0.2, 0.25) is 0 Å². The van der Waals surface area contributed by atoms with Gasteiger partial charge >= 0.3 is 0 Å². The number of carbonyl (C=O) groups excluding carboxylic acids is 2. The molecule has 0 N–H and O–H groups in total. The first kappa shape index (κ1) is 27.9. The molecule has 4 aromatic carbocycles. The predicted octanol–water partition coefficient (Wildman–Crippen LogP) is 7.33. The van der Waals surface area contributed by atoms with Crippen LogP contribution in [0.4, 0.5) is 11.4 Å². The molecule has 4 aromatic rings. The molecule has 1 fully saturated rings. The van der Waals surface area contributed by atoms with Gasteiger partial charge in [0.15, 0.2) is 0 Å². The number of aryl methyl sites for hydroxylation is 2. The van der Waals surface area contributed by atoms with Crippen LogP contribution in [0.2, 0.25) is 0 Å². The standard InChI is InChI=1S/C36H35N3O2S/c1-25-9-8-12-31(21-25)38-20-19-37(23-27(38)3)35(40)29-17-15-28(16-18-29)22-34-36(41)39(24-30-11-5-4-10-26(30)2)32-13-6-7-14-33(32)42-34/h4-18,21-22,27H,19-20,23-24H2,1-3H3/b34-22+/t27-/m1/s1. The third-order valence-corrected chi connectivity index (χ3v) is 9.20. The number of carbonyl (C=O) groups is 2. The van der Waals surface area contributed by atoms with E-state index in [1.54, 1.807) is 0 Å². The quantitative estimate of drug-likeness (QED) is 0.235. The average Bonchev–Trinajstić information content (AvgIpc) is 3.00. The number of nitrogens with zero attached hydrogens (tertiary/aromatic N) is 3. The molecular formula is C36H35N3O2S. The molecular weight excluding hydrogens is 538 g/mol. The second kappa shape index (κ2) is 11.9. The Bertz CT molecular complexity index is 1660. The van der Waals surface area contributed by atoms with Gasteiger partial charge in [-0.2, -0.15) is 0 Å². The van der Waals surface area contributed by atoms with Crippen molar-refractivity contribution in [2.24, 2.45) is 0 Å². The van der Waals surface area contributed by atoms with Crippen molar-refractivity contribution in [2.75, 3.05) is 29.4 Å². The highest BCUT2D eigenvalue weighted by molar-refractivity contribution is 8.04. The van der Waals surface area contributed by atoms with Gasteiger partial charge in [-0.25, -0.2) is 0 Å². The summed E-state index contributed by atoms with van der Waals surface area (Å²) in [5.41, 5.74) is 7.25. The second-order valence-electron chi connectivity index (χ2n) is 11.2. The van der Waals surface area contributed by atoms with Gasteiger partial charge in [0.25, 0.3) is 11.8 Å².